The molecule has 0 heterocycles. The molecular formula is C17H17ClINO. The summed E-state index contributed by atoms with van der Waals surface area (Å²) >= 11 is 8.24. The lowest BCUT2D eigenvalue weighted by atomic mass is 10.1. The van der Waals surface area contributed by atoms with Gasteiger partial charge in [-0.1, -0.05) is 29.8 Å². The minimum absolute atomic E-state index is 0.0449. The zero-order valence-electron chi connectivity index (χ0n) is 12.0. The Morgan fingerprint density at radius 2 is 1.90 bits per heavy atom. The SMILES string of the molecule is CC(C)N(Cc1cccc(Cl)c1)C(=O)c1cccc(I)c1. The molecule has 2 aromatic rings. The van der Waals surface area contributed by atoms with Gasteiger partial charge in [0.05, 0.1) is 0 Å². The fourth-order valence-electron chi connectivity index (χ4n) is 2.11. The van der Waals surface area contributed by atoms with Crippen LogP contribution in [0.1, 0.15) is 29.8 Å². The quantitative estimate of drug-likeness (QED) is 0.646. The molecule has 1 amide bonds. The van der Waals surface area contributed by atoms with Crippen molar-refractivity contribution >= 4 is 40.1 Å². The summed E-state index contributed by atoms with van der Waals surface area (Å²) in [6.45, 7) is 4.61. The van der Waals surface area contributed by atoms with Gasteiger partial charge in [-0.05, 0) is 72.3 Å². The first-order chi connectivity index (χ1) is 9.97. The minimum atomic E-state index is 0.0449. The van der Waals surface area contributed by atoms with Crippen molar-refractivity contribution in [1.82, 2.24) is 4.90 Å². The highest BCUT2D eigenvalue weighted by Crippen LogP contribution is 2.17. The average molecular weight is 414 g/mol. The molecule has 0 atom stereocenters. The molecule has 2 nitrogen and oxygen atoms in total. The van der Waals surface area contributed by atoms with Crippen LogP contribution in [-0.2, 0) is 6.54 Å². The van der Waals surface area contributed by atoms with E-state index in [1.165, 1.54) is 0 Å². The minimum Gasteiger partial charge on any atom is -0.332 e. The summed E-state index contributed by atoms with van der Waals surface area (Å²) in [5, 5.41) is 0.693. The Labute approximate surface area is 144 Å². The summed E-state index contributed by atoms with van der Waals surface area (Å²) in [4.78, 5) is 14.6. The van der Waals surface area contributed by atoms with E-state index in [9.17, 15) is 4.79 Å². The van der Waals surface area contributed by atoms with Gasteiger partial charge in [0.15, 0.2) is 0 Å². The number of halogens is 2. The molecule has 0 saturated carbocycles. The first kappa shape index (κ1) is 16.3. The number of carbonyl (C=O) groups is 1. The van der Waals surface area contributed by atoms with Gasteiger partial charge in [0.25, 0.3) is 5.91 Å². The van der Waals surface area contributed by atoms with Crippen LogP contribution in [0, 0.1) is 3.57 Å². The number of benzene rings is 2. The standard InChI is InChI=1S/C17H17ClINO/c1-12(2)20(11-13-5-3-7-15(18)9-13)17(21)14-6-4-8-16(19)10-14/h3-10,12H,11H2,1-2H3. The van der Waals surface area contributed by atoms with Gasteiger partial charge in [0, 0.05) is 26.7 Å². The van der Waals surface area contributed by atoms with E-state index < -0.39 is 0 Å². The molecule has 0 aliphatic rings. The van der Waals surface area contributed by atoms with E-state index in [-0.39, 0.29) is 11.9 Å². The zero-order valence-corrected chi connectivity index (χ0v) is 14.9. The number of rotatable bonds is 4. The van der Waals surface area contributed by atoms with Crippen molar-refractivity contribution < 1.29 is 4.79 Å². The molecule has 0 radical (unpaired) electrons. The highest BCUT2D eigenvalue weighted by atomic mass is 127. The molecule has 2 aromatic carbocycles. The van der Waals surface area contributed by atoms with Crippen molar-refractivity contribution in [2.45, 2.75) is 26.4 Å². The maximum atomic E-state index is 12.7. The lowest BCUT2D eigenvalue weighted by molar-refractivity contribution is 0.0690. The maximum absolute atomic E-state index is 12.7. The Morgan fingerprint density at radius 3 is 2.52 bits per heavy atom. The number of hydrogen-bond acceptors (Lipinski definition) is 1. The van der Waals surface area contributed by atoms with Crippen LogP contribution in [0.3, 0.4) is 0 Å². The van der Waals surface area contributed by atoms with Crippen molar-refractivity contribution in [3.63, 3.8) is 0 Å². The predicted octanol–water partition coefficient (Wildman–Crippen LogP) is 5.00. The fourth-order valence-corrected chi connectivity index (χ4v) is 2.86. The summed E-state index contributed by atoms with van der Waals surface area (Å²) in [7, 11) is 0. The molecule has 0 saturated heterocycles. The Bertz CT molecular complexity index is 642. The zero-order chi connectivity index (χ0) is 15.4. The molecule has 0 fully saturated rings. The average Bonchev–Trinajstić information content (AvgIpc) is 2.44. The highest BCUT2D eigenvalue weighted by Gasteiger charge is 2.19. The largest absolute Gasteiger partial charge is 0.332 e. The molecule has 0 aliphatic carbocycles. The van der Waals surface area contributed by atoms with Gasteiger partial charge in [0.2, 0.25) is 0 Å². The molecule has 0 aliphatic heterocycles. The third-order valence-corrected chi connectivity index (χ3v) is 4.10. The number of amides is 1. The molecule has 0 unspecified atom stereocenters. The fraction of sp³-hybridized carbons (Fsp3) is 0.235. The van der Waals surface area contributed by atoms with E-state index in [1.54, 1.807) is 0 Å². The number of carbonyl (C=O) groups excluding carboxylic acids is 1. The maximum Gasteiger partial charge on any atom is 0.254 e. The van der Waals surface area contributed by atoms with E-state index in [2.05, 4.69) is 22.6 Å². The molecule has 21 heavy (non-hydrogen) atoms. The van der Waals surface area contributed by atoms with E-state index >= 15 is 0 Å². The van der Waals surface area contributed by atoms with Crippen molar-refractivity contribution in [3.8, 4) is 0 Å². The summed E-state index contributed by atoms with van der Waals surface area (Å²) < 4.78 is 1.06. The Kier molecular flexibility index (Phi) is 5.65. The van der Waals surface area contributed by atoms with Gasteiger partial charge in [-0.2, -0.15) is 0 Å². The normalized spacial score (nSPS) is 10.7. The van der Waals surface area contributed by atoms with Crippen molar-refractivity contribution in [2.75, 3.05) is 0 Å². The molecular weight excluding hydrogens is 397 g/mol. The van der Waals surface area contributed by atoms with E-state index in [4.69, 9.17) is 11.6 Å². The Hall–Kier alpha value is -1.07. The molecule has 110 valence electrons. The topological polar surface area (TPSA) is 20.3 Å². The summed E-state index contributed by atoms with van der Waals surface area (Å²) in [5.74, 6) is 0.0449. The third kappa shape index (κ3) is 4.45. The molecule has 0 N–H and O–H groups in total. The van der Waals surface area contributed by atoms with Gasteiger partial charge < -0.3 is 4.90 Å². The lowest BCUT2D eigenvalue weighted by Crippen LogP contribution is -2.36. The van der Waals surface area contributed by atoms with Crippen LogP contribution >= 0.6 is 34.2 Å². The summed E-state index contributed by atoms with van der Waals surface area (Å²) in [6.07, 6.45) is 0. The number of nitrogens with zero attached hydrogens (tertiary/aromatic N) is 1. The first-order valence-corrected chi connectivity index (χ1v) is 8.24. The predicted molar refractivity (Wildman–Crippen MR) is 95.6 cm³/mol. The second-order valence-corrected chi connectivity index (χ2v) is 6.85. The van der Waals surface area contributed by atoms with E-state index in [0.717, 1.165) is 14.7 Å². The van der Waals surface area contributed by atoms with Crippen molar-refractivity contribution in [1.29, 1.82) is 0 Å². The molecule has 0 aromatic heterocycles. The van der Waals surface area contributed by atoms with E-state index in [1.807, 2.05) is 67.3 Å². The number of hydrogen-bond donors (Lipinski definition) is 0. The van der Waals surface area contributed by atoms with Crippen LogP contribution in [0.2, 0.25) is 5.02 Å². The van der Waals surface area contributed by atoms with Crippen molar-refractivity contribution in [3.05, 3.63) is 68.3 Å². The van der Waals surface area contributed by atoms with Crippen LogP contribution in [0.15, 0.2) is 48.5 Å². The Balaban J connectivity index is 2.25. The van der Waals surface area contributed by atoms with Crippen LogP contribution in [-0.4, -0.2) is 16.8 Å². The van der Waals surface area contributed by atoms with Crippen LogP contribution < -0.4 is 0 Å². The molecule has 2 rings (SSSR count). The molecule has 0 spiro atoms. The van der Waals surface area contributed by atoms with Gasteiger partial charge >= 0.3 is 0 Å². The summed E-state index contributed by atoms with van der Waals surface area (Å²) in [6, 6.07) is 15.4. The van der Waals surface area contributed by atoms with Gasteiger partial charge in [-0.25, -0.2) is 0 Å². The molecule has 0 bridgehead atoms. The summed E-state index contributed by atoms with van der Waals surface area (Å²) in [5.41, 5.74) is 1.76. The van der Waals surface area contributed by atoms with Crippen LogP contribution in [0.5, 0.6) is 0 Å². The second kappa shape index (κ2) is 7.27. The van der Waals surface area contributed by atoms with Crippen LogP contribution in [0.4, 0.5) is 0 Å². The second-order valence-electron chi connectivity index (χ2n) is 5.17. The van der Waals surface area contributed by atoms with E-state index in [0.29, 0.717) is 11.6 Å². The monoisotopic (exact) mass is 413 g/mol. The smallest absolute Gasteiger partial charge is 0.254 e. The lowest BCUT2D eigenvalue weighted by Gasteiger charge is -2.27. The van der Waals surface area contributed by atoms with Gasteiger partial charge in [-0.3, -0.25) is 4.79 Å². The molecule has 4 heteroatoms. The Morgan fingerprint density at radius 1 is 1.19 bits per heavy atom. The van der Waals surface area contributed by atoms with Crippen molar-refractivity contribution in [2.24, 2.45) is 0 Å². The van der Waals surface area contributed by atoms with Crippen LogP contribution in [0.25, 0.3) is 0 Å². The highest BCUT2D eigenvalue weighted by molar-refractivity contribution is 14.1. The third-order valence-electron chi connectivity index (χ3n) is 3.20. The van der Waals surface area contributed by atoms with Gasteiger partial charge in [-0.15, -0.1) is 0 Å². The first-order valence-electron chi connectivity index (χ1n) is 6.78. The van der Waals surface area contributed by atoms with Gasteiger partial charge in [0.1, 0.15) is 0 Å².